The maximum Gasteiger partial charge on any atom is 0.303 e. The number of carboxylic acids is 1. The summed E-state index contributed by atoms with van der Waals surface area (Å²) in [6, 6.07) is 0. The van der Waals surface area contributed by atoms with Crippen LogP contribution in [0.2, 0.25) is 0 Å². The van der Waals surface area contributed by atoms with Gasteiger partial charge in [0, 0.05) is 33.4 Å². The van der Waals surface area contributed by atoms with Crippen molar-refractivity contribution in [1.82, 2.24) is 0 Å². The van der Waals surface area contributed by atoms with Crippen LogP contribution in [0.15, 0.2) is 0 Å². The van der Waals surface area contributed by atoms with Gasteiger partial charge in [0.1, 0.15) is 0 Å². The highest BCUT2D eigenvalue weighted by molar-refractivity contribution is 5.66. The molecule has 0 radical (unpaired) electrons. The number of aliphatic carboxylic acids is 1. The van der Waals surface area contributed by atoms with Crippen molar-refractivity contribution in [2.45, 2.75) is 44.9 Å². The average molecular weight is 232 g/mol. The minimum absolute atomic E-state index is 0.205. The first-order chi connectivity index (χ1) is 7.77. The van der Waals surface area contributed by atoms with Crippen LogP contribution in [-0.4, -0.2) is 38.0 Å². The van der Waals surface area contributed by atoms with E-state index in [1.54, 1.807) is 7.11 Å². The number of ether oxygens (including phenoxy) is 2. The lowest BCUT2D eigenvalue weighted by Crippen LogP contribution is -2.01. The molecule has 96 valence electrons. The summed E-state index contributed by atoms with van der Waals surface area (Å²) in [5, 5.41) is 8.39. The van der Waals surface area contributed by atoms with Crippen molar-refractivity contribution in [2.24, 2.45) is 0 Å². The molecule has 0 aromatic heterocycles. The van der Waals surface area contributed by atoms with Crippen LogP contribution in [-0.2, 0) is 14.3 Å². The van der Waals surface area contributed by atoms with Crippen molar-refractivity contribution in [1.29, 1.82) is 0 Å². The zero-order valence-electron chi connectivity index (χ0n) is 10.2. The van der Waals surface area contributed by atoms with E-state index in [0.29, 0.717) is 13.0 Å². The van der Waals surface area contributed by atoms with Crippen LogP contribution in [0, 0.1) is 0 Å². The number of hydrogen-bond acceptors (Lipinski definition) is 3. The molecule has 0 saturated heterocycles. The van der Waals surface area contributed by atoms with Crippen molar-refractivity contribution in [3.63, 3.8) is 0 Å². The quantitative estimate of drug-likeness (QED) is 0.525. The van der Waals surface area contributed by atoms with Gasteiger partial charge in [-0.25, -0.2) is 0 Å². The molecular formula is C12H24O4. The van der Waals surface area contributed by atoms with Gasteiger partial charge in [0.15, 0.2) is 0 Å². The van der Waals surface area contributed by atoms with Crippen LogP contribution in [0.5, 0.6) is 0 Å². The van der Waals surface area contributed by atoms with Gasteiger partial charge in [-0.3, -0.25) is 4.79 Å². The fourth-order valence-electron chi connectivity index (χ4n) is 1.41. The Kier molecular flexibility index (Phi) is 12.0. The first-order valence-corrected chi connectivity index (χ1v) is 6.06. The molecule has 0 heterocycles. The number of carboxylic acid groups (broad SMARTS) is 1. The summed E-state index contributed by atoms with van der Waals surface area (Å²) in [5.41, 5.74) is 0. The second-order valence-electron chi connectivity index (χ2n) is 3.87. The standard InChI is InChI=1S/C12H24O4/c1-15-9-5-3-2-4-6-10-16-11-7-8-12(13)14/h2-11H2,1H3,(H,13,14). The Hall–Kier alpha value is -0.610. The fourth-order valence-corrected chi connectivity index (χ4v) is 1.41. The Morgan fingerprint density at radius 3 is 2.12 bits per heavy atom. The van der Waals surface area contributed by atoms with Crippen molar-refractivity contribution in [3.8, 4) is 0 Å². The molecule has 0 aliphatic carbocycles. The van der Waals surface area contributed by atoms with Crippen molar-refractivity contribution >= 4 is 5.97 Å². The third-order valence-electron chi connectivity index (χ3n) is 2.32. The number of hydrogen-bond donors (Lipinski definition) is 1. The minimum atomic E-state index is -0.748. The summed E-state index contributed by atoms with van der Waals surface area (Å²) >= 11 is 0. The molecule has 4 heteroatoms. The first kappa shape index (κ1) is 15.4. The lowest BCUT2D eigenvalue weighted by atomic mass is 10.1. The summed E-state index contributed by atoms with van der Waals surface area (Å²) in [4.78, 5) is 10.2. The molecule has 0 aromatic carbocycles. The third-order valence-corrected chi connectivity index (χ3v) is 2.32. The summed E-state index contributed by atoms with van der Waals surface area (Å²) in [7, 11) is 1.73. The molecule has 0 bridgehead atoms. The van der Waals surface area contributed by atoms with Gasteiger partial charge in [0.05, 0.1) is 0 Å². The highest BCUT2D eigenvalue weighted by Crippen LogP contribution is 2.03. The number of carbonyl (C=O) groups is 1. The minimum Gasteiger partial charge on any atom is -0.481 e. The van der Waals surface area contributed by atoms with E-state index in [4.69, 9.17) is 14.6 Å². The van der Waals surface area contributed by atoms with E-state index in [1.807, 2.05) is 0 Å². The van der Waals surface area contributed by atoms with Gasteiger partial charge in [-0.05, 0) is 19.3 Å². The molecule has 0 aliphatic rings. The summed E-state index contributed by atoms with van der Waals surface area (Å²) in [6.07, 6.45) is 6.65. The molecule has 0 amide bonds. The molecule has 16 heavy (non-hydrogen) atoms. The molecule has 1 N–H and O–H groups in total. The van der Waals surface area contributed by atoms with Gasteiger partial charge in [0.25, 0.3) is 0 Å². The average Bonchev–Trinajstić information content (AvgIpc) is 2.25. The molecule has 4 nitrogen and oxygen atoms in total. The summed E-state index contributed by atoms with van der Waals surface area (Å²) < 4.78 is 10.3. The predicted octanol–water partition coefficient (Wildman–Crippen LogP) is 2.46. The lowest BCUT2D eigenvalue weighted by Gasteiger charge is -2.03. The lowest BCUT2D eigenvalue weighted by molar-refractivity contribution is -0.137. The van der Waals surface area contributed by atoms with E-state index in [9.17, 15) is 4.79 Å². The molecule has 0 spiro atoms. The number of unbranched alkanes of at least 4 members (excludes halogenated alkanes) is 4. The Labute approximate surface area is 97.9 Å². The number of methoxy groups -OCH3 is 1. The molecule has 0 atom stereocenters. The summed E-state index contributed by atoms with van der Waals surface area (Å²) in [5.74, 6) is -0.748. The zero-order chi connectivity index (χ0) is 12.1. The molecule has 0 rings (SSSR count). The van der Waals surface area contributed by atoms with Crippen LogP contribution in [0.4, 0.5) is 0 Å². The normalized spacial score (nSPS) is 10.6. The topological polar surface area (TPSA) is 55.8 Å². The Morgan fingerprint density at radius 1 is 0.938 bits per heavy atom. The predicted molar refractivity (Wildman–Crippen MR) is 62.6 cm³/mol. The van der Waals surface area contributed by atoms with Gasteiger partial charge in [0.2, 0.25) is 0 Å². The maximum absolute atomic E-state index is 10.2. The molecule has 0 aliphatic heterocycles. The molecular weight excluding hydrogens is 208 g/mol. The highest BCUT2D eigenvalue weighted by Gasteiger charge is 1.96. The Balaban J connectivity index is 2.90. The Morgan fingerprint density at radius 2 is 1.50 bits per heavy atom. The largest absolute Gasteiger partial charge is 0.481 e. The van der Waals surface area contributed by atoms with Crippen LogP contribution in [0.1, 0.15) is 44.9 Å². The van der Waals surface area contributed by atoms with Crippen LogP contribution < -0.4 is 0 Å². The van der Waals surface area contributed by atoms with E-state index < -0.39 is 5.97 Å². The van der Waals surface area contributed by atoms with Gasteiger partial charge < -0.3 is 14.6 Å². The molecule has 0 fully saturated rings. The molecule has 0 aromatic rings. The van der Waals surface area contributed by atoms with E-state index in [1.165, 1.54) is 19.3 Å². The van der Waals surface area contributed by atoms with Crippen LogP contribution in [0.25, 0.3) is 0 Å². The fraction of sp³-hybridized carbons (Fsp3) is 0.917. The SMILES string of the molecule is COCCCCCCCOCCCC(=O)O. The van der Waals surface area contributed by atoms with E-state index in [0.717, 1.165) is 26.1 Å². The van der Waals surface area contributed by atoms with Crippen LogP contribution >= 0.6 is 0 Å². The second kappa shape index (κ2) is 12.5. The first-order valence-electron chi connectivity index (χ1n) is 6.06. The smallest absolute Gasteiger partial charge is 0.303 e. The summed E-state index contributed by atoms with van der Waals surface area (Å²) in [6.45, 7) is 2.17. The molecule has 0 saturated carbocycles. The van der Waals surface area contributed by atoms with Gasteiger partial charge >= 0.3 is 5.97 Å². The van der Waals surface area contributed by atoms with Crippen molar-refractivity contribution < 1.29 is 19.4 Å². The van der Waals surface area contributed by atoms with Gasteiger partial charge in [-0.15, -0.1) is 0 Å². The third kappa shape index (κ3) is 13.4. The number of rotatable bonds is 12. The second-order valence-corrected chi connectivity index (χ2v) is 3.87. The van der Waals surface area contributed by atoms with E-state index >= 15 is 0 Å². The van der Waals surface area contributed by atoms with E-state index in [2.05, 4.69) is 0 Å². The van der Waals surface area contributed by atoms with Gasteiger partial charge in [-0.2, -0.15) is 0 Å². The van der Waals surface area contributed by atoms with Gasteiger partial charge in [-0.1, -0.05) is 19.3 Å². The monoisotopic (exact) mass is 232 g/mol. The highest BCUT2D eigenvalue weighted by atomic mass is 16.5. The molecule has 0 unspecified atom stereocenters. The van der Waals surface area contributed by atoms with Crippen molar-refractivity contribution in [2.75, 3.05) is 26.9 Å². The van der Waals surface area contributed by atoms with E-state index in [-0.39, 0.29) is 6.42 Å². The Bertz CT molecular complexity index is 159. The maximum atomic E-state index is 10.2. The van der Waals surface area contributed by atoms with Crippen LogP contribution in [0.3, 0.4) is 0 Å². The van der Waals surface area contributed by atoms with Crippen molar-refractivity contribution in [3.05, 3.63) is 0 Å². The zero-order valence-corrected chi connectivity index (χ0v) is 10.2.